The molecule has 0 bridgehead atoms. The van der Waals surface area contributed by atoms with Crippen LogP contribution in [0.4, 0.5) is 19.0 Å². The Morgan fingerprint density at radius 2 is 1.91 bits per heavy atom. The van der Waals surface area contributed by atoms with Gasteiger partial charge in [0.1, 0.15) is 11.5 Å². The fourth-order valence-corrected chi connectivity index (χ4v) is 2.27. The van der Waals surface area contributed by atoms with Crippen molar-refractivity contribution in [2.45, 2.75) is 25.1 Å². The lowest BCUT2D eigenvalue weighted by atomic mass is 10.0. The van der Waals surface area contributed by atoms with Crippen LogP contribution >= 0.6 is 0 Å². The summed E-state index contributed by atoms with van der Waals surface area (Å²) in [7, 11) is 0. The average molecular weight is 316 g/mol. The van der Waals surface area contributed by atoms with Crippen LogP contribution in [0.5, 0.6) is 0 Å². The molecule has 1 fully saturated rings. The maximum absolute atomic E-state index is 12.3. The van der Waals surface area contributed by atoms with Crippen LogP contribution < -0.4 is 11.1 Å². The Hall–Kier alpha value is -2.32. The molecule has 1 aliphatic rings. The highest BCUT2D eigenvalue weighted by atomic mass is 19.4. The van der Waals surface area contributed by atoms with Crippen LogP contribution in [0.15, 0.2) is 18.2 Å². The zero-order chi connectivity index (χ0) is 16.3. The molecule has 0 atom stereocenters. The molecule has 120 valence electrons. The number of nitrogens with one attached hydrogen (secondary N) is 1. The number of aromatic nitrogens is 1. The lowest BCUT2D eigenvalue weighted by Crippen LogP contribution is -2.47. The SMILES string of the molecule is NC(=O)c1cccc(NC2CCN(C(=O)C(F)(F)F)CC2)n1. The highest BCUT2D eigenvalue weighted by Gasteiger charge is 2.43. The molecule has 0 spiro atoms. The highest BCUT2D eigenvalue weighted by molar-refractivity contribution is 5.91. The summed E-state index contributed by atoms with van der Waals surface area (Å²) in [6.45, 7) is 0.0387. The van der Waals surface area contributed by atoms with Crippen LogP contribution in [0.2, 0.25) is 0 Å². The van der Waals surface area contributed by atoms with Crippen LogP contribution in [0, 0.1) is 0 Å². The molecule has 1 aromatic heterocycles. The summed E-state index contributed by atoms with van der Waals surface area (Å²) in [6, 6.07) is 4.60. The Labute approximate surface area is 124 Å². The first-order valence-electron chi connectivity index (χ1n) is 6.67. The van der Waals surface area contributed by atoms with E-state index in [0.717, 1.165) is 4.90 Å². The molecule has 0 unspecified atom stereocenters. The Kier molecular flexibility index (Phi) is 4.53. The molecule has 2 amide bonds. The number of primary amides is 1. The molecule has 0 aliphatic carbocycles. The number of amides is 2. The number of hydrogen-bond donors (Lipinski definition) is 2. The first kappa shape index (κ1) is 16.1. The van der Waals surface area contributed by atoms with Gasteiger partial charge in [-0.3, -0.25) is 9.59 Å². The van der Waals surface area contributed by atoms with E-state index in [2.05, 4.69) is 10.3 Å². The lowest BCUT2D eigenvalue weighted by molar-refractivity contribution is -0.186. The molecule has 2 rings (SSSR count). The molecule has 2 heterocycles. The van der Waals surface area contributed by atoms with Gasteiger partial charge in [0.2, 0.25) is 0 Å². The summed E-state index contributed by atoms with van der Waals surface area (Å²) in [6.07, 6.45) is -4.10. The summed E-state index contributed by atoms with van der Waals surface area (Å²) < 4.78 is 37.0. The van der Waals surface area contributed by atoms with Crippen molar-refractivity contribution in [2.75, 3.05) is 18.4 Å². The van der Waals surface area contributed by atoms with E-state index in [0.29, 0.717) is 18.7 Å². The number of carbonyl (C=O) groups excluding carboxylic acids is 2. The zero-order valence-corrected chi connectivity index (χ0v) is 11.6. The van der Waals surface area contributed by atoms with Gasteiger partial charge in [0.25, 0.3) is 5.91 Å². The maximum Gasteiger partial charge on any atom is 0.471 e. The smallest absolute Gasteiger partial charge is 0.367 e. The van der Waals surface area contributed by atoms with Gasteiger partial charge in [-0.2, -0.15) is 13.2 Å². The van der Waals surface area contributed by atoms with Crippen LogP contribution in [0.3, 0.4) is 0 Å². The van der Waals surface area contributed by atoms with Crippen molar-refractivity contribution in [1.82, 2.24) is 9.88 Å². The molecule has 0 saturated carbocycles. The molecule has 9 heteroatoms. The van der Waals surface area contributed by atoms with Crippen LogP contribution in [-0.2, 0) is 4.79 Å². The third-order valence-corrected chi connectivity index (χ3v) is 3.38. The maximum atomic E-state index is 12.3. The van der Waals surface area contributed by atoms with Crippen LogP contribution in [0.25, 0.3) is 0 Å². The van der Waals surface area contributed by atoms with Crippen molar-refractivity contribution in [3.63, 3.8) is 0 Å². The van der Waals surface area contributed by atoms with Gasteiger partial charge in [-0.25, -0.2) is 4.98 Å². The monoisotopic (exact) mass is 316 g/mol. The minimum atomic E-state index is -4.84. The van der Waals surface area contributed by atoms with E-state index in [1.165, 1.54) is 6.07 Å². The minimum Gasteiger partial charge on any atom is -0.367 e. The van der Waals surface area contributed by atoms with E-state index >= 15 is 0 Å². The number of nitrogens with two attached hydrogens (primary N) is 1. The van der Waals surface area contributed by atoms with Crippen molar-refractivity contribution in [2.24, 2.45) is 5.73 Å². The quantitative estimate of drug-likeness (QED) is 0.875. The standard InChI is InChI=1S/C13H15F3N4O2/c14-13(15,16)12(22)20-6-4-8(5-7-20)18-10-3-1-2-9(19-10)11(17)21/h1-3,8H,4-7H2,(H2,17,21)(H,18,19). The molecule has 3 N–H and O–H groups in total. The first-order valence-corrected chi connectivity index (χ1v) is 6.67. The second kappa shape index (κ2) is 6.20. The van der Waals surface area contributed by atoms with E-state index < -0.39 is 18.0 Å². The lowest BCUT2D eigenvalue weighted by Gasteiger charge is -2.33. The van der Waals surface area contributed by atoms with Crippen LogP contribution in [-0.4, -0.2) is 47.0 Å². The van der Waals surface area contributed by atoms with E-state index in [9.17, 15) is 22.8 Å². The molecule has 22 heavy (non-hydrogen) atoms. The summed E-state index contributed by atoms with van der Waals surface area (Å²) in [5, 5.41) is 3.04. The fourth-order valence-electron chi connectivity index (χ4n) is 2.27. The largest absolute Gasteiger partial charge is 0.471 e. The molecular weight excluding hydrogens is 301 g/mol. The van der Waals surface area contributed by atoms with Gasteiger partial charge >= 0.3 is 12.1 Å². The molecule has 1 aromatic rings. The van der Waals surface area contributed by atoms with Crippen molar-refractivity contribution < 1.29 is 22.8 Å². The zero-order valence-electron chi connectivity index (χ0n) is 11.6. The van der Waals surface area contributed by atoms with Gasteiger partial charge in [-0.15, -0.1) is 0 Å². The molecule has 1 saturated heterocycles. The summed E-state index contributed by atoms with van der Waals surface area (Å²) >= 11 is 0. The molecule has 0 aromatic carbocycles. The summed E-state index contributed by atoms with van der Waals surface area (Å²) in [5.74, 6) is -2.04. The van der Waals surface area contributed by atoms with E-state index in [4.69, 9.17) is 5.73 Å². The second-order valence-corrected chi connectivity index (χ2v) is 4.98. The number of piperidine rings is 1. The third kappa shape index (κ3) is 3.86. The van der Waals surface area contributed by atoms with Gasteiger partial charge in [0.05, 0.1) is 0 Å². The van der Waals surface area contributed by atoms with Gasteiger partial charge < -0.3 is 16.0 Å². The highest BCUT2D eigenvalue weighted by Crippen LogP contribution is 2.22. The molecule has 6 nitrogen and oxygen atoms in total. The Balaban J connectivity index is 1.91. The number of alkyl halides is 3. The summed E-state index contributed by atoms with van der Waals surface area (Å²) in [4.78, 5) is 27.0. The number of carbonyl (C=O) groups is 2. The van der Waals surface area contributed by atoms with Gasteiger partial charge in [0.15, 0.2) is 0 Å². The topological polar surface area (TPSA) is 88.3 Å². The van der Waals surface area contributed by atoms with E-state index in [1.54, 1.807) is 12.1 Å². The van der Waals surface area contributed by atoms with Crippen molar-refractivity contribution in [1.29, 1.82) is 0 Å². The van der Waals surface area contributed by atoms with Crippen LogP contribution in [0.1, 0.15) is 23.3 Å². The number of likely N-dealkylation sites (tertiary alicyclic amines) is 1. The average Bonchev–Trinajstić information content (AvgIpc) is 2.46. The predicted octanol–water partition coefficient (Wildman–Crippen LogP) is 1.15. The van der Waals surface area contributed by atoms with Crippen molar-refractivity contribution >= 4 is 17.6 Å². The number of rotatable bonds is 3. The normalized spacial score (nSPS) is 16.4. The molecular formula is C13H15F3N4O2. The fraction of sp³-hybridized carbons (Fsp3) is 0.462. The number of hydrogen-bond acceptors (Lipinski definition) is 4. The summed E-state index contributed by atoms with van der Waals surface area (Å²) in [5.41, 5.74) is 5.23. The minimum absolute atomic E-state index is 0.0194. The number of nitrogens with zero attached hydrogens (tertiary/aromatic N) is 2. The number of anilines is 1. The van der Waals surface area contributed by atoms with Gasteiger partial charge in [-0.1, -0.05) is 6.07 Å². The number of pyridine rings is 1. The Morgan fingerprint density at radius 3 is 2.45 bits per heavy atom. The molecule has 0 radical (unpaired) electrons. The predicted molar refractivity (Wildman–Crippen MR) is 72.0 cm³/mol. The first-order chi connectivity index (χ1) is 10.3. The second-order valence-electron chi connectivity index (χ2n) is 4.98. The van der Waals surface area contributed by atoms with E-state index in [-0.39, 0.29) is 24.8 Å². The van der Waals surface area contributed by atoms with Gasteiger partial charge in [-0.05, 0) is 25.0 Å². The van der Waals surface area contributed by atoms with Gasteiger partial charge in [0, 0.05) is 19.1 Å². The number of halogens is 3. The van der Waals surface area contributed by atoms with E-state index in [1.807, 2.05) is 0 Å². The Bertz CT molecular complexity index is 569. The van der Waals surface area contributed by atoms with Crippen molar-refractivity contribution in [3.8, 4) is 0 Å². The Morgan fingerprint density at radius 1 is 1.27 bits per heavy atom. The molecule has 1 aliphatic heterocycles. The van der Waals surface area contributed by atoms with Crippen molar-refractivity contribution in [3.05, 3.63) is 23.9 Å². The third-order valence-electron chi connectivity index (χ3n) is 3.38.